The lowest BCUT2D eigenvalue weighted by Crippen LogP contribution is -2.19. The summed E-state index contributed by atoms with van der Waals surface area (Å²) in [7, 11) is 0. The van der Waals surface area contributed by atoms with Gasteiger partial charge in [-0.2, -0.15) is 13.2 Å². The fourth-order valence-corrected chi connectivity index (χ4v) is 5.34. The van der Waals surface area contributed by atoms with Crippen LogP contribution < -0.4 is 5.32 Å². The molecule has 1 unspecified atom stereocenters. The molecule has 0 aliphatic heterocycles. The fourth-order valence-electron chi connectivity index (χ4n) is 5.11. The van der Waals surface area contributed by atoms with Crippen molar-refractivity contribution in [1.82, 2.24) is 10.1 Å². The number of ether oxygens (including phenoxy) is 1. The van der Waals surface area contributed by atoms with E-state index in [-0.39, 0.29) is 35.1 Å². The summed E-state index contributed by atoms with van der Waals surface area (Å²) in [5.41, 5.74) is 2.02. The molecule has 14 heteroatoms. The summed E-state index contributed by atoms with van der Waals surface area (Å²) in [6.07, 6.45) is 1.04. The summed E-state index contributed by atoms with van der Waals surface area (Å²) >= 11 is 11.1. The van der Waals surface area contributed by atoms with Crippen LogP contribution in [-0.4, -0.2) is 45.4 Å². The Balaban J connectivity index is 0.00000265. The number of carbonyl (C=O) groups is 2. The number of aliphatic imine (C=N–C) groups is 1. The number of hydrogen-bond acceptors (Lipinski definition) is 6. The molecule has 9 nitrogen and oxygen atoms in total. The number of nitrogens with zero attached hydrogens (tertiary/aromatic N) is 3. The zero-order valence-corrected chi connectivity index (χ0v) is 28.5. The molecule has 1 atom stereocenters. The first kappa shape index (κ1) is 37.6. The average Bonchev–Trinajstić information content (AvgIpc) is 3.85. The number of alkyl halides is 4. The largest absolute Gasteiger partial charge is 0.478 e. The van der Waals surface area contributed by atoms with Crippen LogP contribution in [-0.2, 0) is 17.5 Å². The van der Waals surface area contributed by atoms with E-state index >= 15 is 0 Å². The van der Waals surface area contributed by atoms with Gasteiger partial charge in [-0.25, -0.2) is 14.6 Å². The summed E-state index contributed by atoms with van der Waals surface area (Å²) in [5, 5.41) is 17.2. The molecule has 2 aromatic carbocycles. The van der Waals surface area contributed by atoms with E-state index in [0.29, 0.717) is 41.6 Å². The van der Waals surface area contributed by atoms with Gasteiger partial charge in [0.05, 0.1) is 23.3 Å². The van der Waals surface area contributed by atoms with Gasteiger partial charge in [0.1, 0.15) is 17.1 Å². The van der Waals surface area contributed by atoms with E-state index < -0.39 is 23.9 Å². The molecule has 1 fully saturated rings. The van der Waals surface area contributed by atoms with E-state index in [4.69, 9.17) is 20.9 Å². The number of amides is 2. The molecule has 4 aromatic rings. The molecule has 0 spiro atoms. The lowest BCUT2D eigenvalue weighted by molar-refractivity contribution is -0.141. The quantitative estimate of drug-likeness (QED) is 0.110. The fraction of sp³-hybridized carbons (Fsp3) is 0.343. The highest BCUT2D eigenvalue weighted by Crippen LogP contribution is 2.45. The third kappa shape index (κ3) is 9.68. The molecule has 0 bridgehead atoms. The summed E-state index contributed by atoms with van der Waals surface area (Å²) < 4.78 is 51.0. The van der Waals surface area contributed by atoms with Crippen molar-refractivity contribution in [2.24, 2.45) is 4.99 Å². The van der Waals surface area contributed by atoms with E-state index in [0.717, 1.165) is 48.1 Å². The molecule has 0 radical (unpaired) electrons. The topological polar surface area (TPSA) is 127 Å². The first-order valence-corrected chi connectivity index (χ1v) is 16.6. The molecule has 5 rings (SSSR count). The van der Waals surface area contributed by atoms with E-state index in [1.165, 1.54) is 24.6 Å². The van der Waals surface area contributed by atoms with Crippen molar-refractivity contribution in [1.29, 1.82) is 0 Å². The normalized spacial score (nSPS) is 13.8. The number of rotatable bonds is 12. The van der Waals surface area contributed by atoms with Crippen molar-refractivity contribution < 1.29 is 37.1 Å². The van der Waals surface area contributed by atoms with Crippen LogP contribution in [0.4, 0.5) is 23.7 Å². The van der Waals surface area contributed by atoms with Gasteiger partial charge in [0.15, 0.2) is 0 Å². The Labute approximate surface area is 291 Å². The second-order valence-corrected chi connectivity index (χ2v) is 11.5. The molecule has 2 aromatic heterocycles. The van der Waals surface area contributed by atoms with E-state index in [1.54, 1.807) is 6.07 Å². The number of pyridine rings is 1. The number of anilines is 1. The number of carboxylic acids is 1. The Kier molecular flexibility index (Phi) is 13.0. The molecule has 260 valence electrons. The van der Waals surface area contributed by atoms with Crippen LogP contribution >= 0.6 is 23.2 Å². The molecule has 2 heterocycles. The first-order chi connectivity index (χ1) is 23.5. The number of benzene rings is 2. The molecular weight excluding hydrogens is 684 g/mol. The zero-order chi connectivity index (χ0) is 35.7. The van der Waals surface area contributed by atoms with Gasteiger partial charge < -0.3 is 19.7 Å². The number of carboxylic acid groups (broad SMARTS) is 1. The Morgan fingerprint density at radius 3 is 2.43 bits per heavy atom. The van der Waals surface area contributed by atoms with E-state index in [1.807, 2.05) is 32.0 Å². The Morgan fingerprint density at radius 1 is 1.10 bits per heavy atom. The Hall–Kier alpha value is -4.26. The third-order valence-electron chi connectivity index (χ3n) is 7.81. The smallest absolute Gasteiger partial charge is 0.433 e. The minimum atomic E-state index is -4.64. The van der Waals surface area contributed by atoms with Crippen LogP contribution in [0.3, 0.4) is 0 Å². The second-order valence-electron chi connectivity index (χ2n) is 11.1. The van der Waals surface area contributed by atoms with Crippen molar-refractivity contribution in [2.45, 2.75) is 70.8 Å². The molecule has 2 N–H and O–H groups in total. The van der Waals surface area contributed by atoms with Gasteiger partial charge in [-0.15, -0.1) is 11.6 Å². The Morgan fingerprint density at radius 2 is 1.84 bits per heavy atom. The van der Waals surface area contributed by atoms with Crippen molar-refractivity contribution in [2.75, 3.05) is 11.7 Å². The van der Waals surface area contributed by atoms with Gasteiger partial charge >= 0.3 is 18.2 Å². The summed E-state index contributed by atoms with van der Waals surface area (Å²) in [4.78, 5) is 32.4. The molecule has 1 aliphatic carbocycles. The van der Waals surface area contributed by atoms with Gasteiger partial charge in [-0.3, -0.25) is 4.98 Å². The van der Waals surface area contributed by atoms with Crippen molar-refractivity contribution in [3.8, 4) is 22.4 Å². The number of urea groups is 1. The van der Waals surface area contributed by atoms with Crippen LogP contribution in [0.1, 0.15) is 79.2 Å². The maximum Gasteiger partial charge on any atom is 0.433 e. The van der Waals surface area contributed by atoms with Crippen molar-refractivity contribution >= 4 is 46.6 Å². The SMILES string of the molecule is CCC(CC(CC)OCc1c(-c2ccccc2Cl)noc1C1CC1)=NC(=O)Nc1ccc(C(=O)O)c(-c2ccc(C(F)(F)F)nc2)c1.CCl. The lowest BCUT2D eigenvalue weighted by Gasteiger charge is -2.17. The van der Waals surface area contributed by atoms with Gasteiger partial charge in [-0.1, -0.05) is 54.9 Å². The van der Waals surface area contributed by atoms with Gasteiger partial charge in [0, 0.05) is 53.0 Å². The lowest BCUT2D eigenvalue weighted by atomic mass is 10.00. The summed E-state index contributed by atoms with van der Waals surface area (Å²) in [6.45, 7) is 4.09. The van der Waals surface area contributed by atoms with Crippen molar-refractivity contribution in [3.05, 3.63) is 88.4 Å². The number of nitrogens with one attached hydrogen (secondary N) is 1. The monoisotopic (exact) mass is 718 g/mol. The summed E-state index contributed by atoms with van der Waals surface area (Å²) in [5.74, 6) is -0.183. The van der Waals surface area contributed by atoms with Gasteiger partial charge in [0.2, 0.25) is 0 Å². The van der Waals surface area contributed by atoms with Gasteiger partial charge in [0.25, 0.3) is 0 Å². The van der Waals surface area contributed by atoms with Crippen LogP contribution in [0.5, 0.6) is 0 Å². The number of hydrogen-bond donors (Lipinski definition) is 2. The second kappa shape index (κ2) is 16.9. The highest BCUT2D eigenvalue weighted by atomic mass is 35.5. The van der Waals surface area contributed by atoms with Gasteiger partial charge in [-0.05, 0) is 61.6 Å². The summed E-state index contributed by atoms with van der Waals surface area (Å²) in [6, 6.07) is 12.6. The van der Waals surface area contributed by atoms with E-state index in [9.17, 15) is 27.9 Å². The third-order valence-corrected chi connectivity index (χ3v) is 8.14. The molecule has 0 saturated heterocycles. The molecule has 1 saturated carbocycles. The minimum absolute atomic E-state index is 0.0890. The highest BCUT2D eigenvalue weighted by molar-refractivity contribution is 6.33. The number of aromatic nitrogens is 2. The minimum Gasteiger partial charge on any atom is -0.478 e. The van der Waals surface area contributed by atoms with Crippen LogP contribution in [0, 0.1) is 0 Å². The predicted octanol–water partition coefficient (Wildman–Crippen LogP) is 10.3. The number of carbonyl (C=O) groups excluding carboxylic acids is 1. The average molecular weight is 720 g/mol. The molecule has 1 aliphatic rings. The van der Waals surface area contributed by atoms with Crippen LogP contribution in [0.25, 0.3) is 22.4 Å². The van der Waals surface area contributed by atoms with Crippen LogP contribution in [0.2, 0.25) is 5.02 Å². The number of halogens is 5. The Bertz CT molecular complexity index is 1790. The maximum absolute atomic E-state index is 13.0. The maximum atomic E-state index is 13.0. The van der Waals surface area contributed by atoms with E-state index in [2.05, 4.69) is 32.1 Å². The molecule has 2 amide bonds. The first-order valence-electron chi connectivity index (χ1n) is 15.5. The van der Waals surface area contributed by atoms with Crippen molar-refractivity contribution in [3.63, 3.8) is 0 Å². The zero-order valence-electron chi connectivity index (χ0n) is 27.0. The molecular formula is C35H35Cl2F3N4O5. The number of aromatic carboxylic acids is 1. The highest BCUT2D eigenvalue weighted by Gasteiger charge is 2.34. The standard InChI is InChI=1S/C34H32ClF3N4O5.CH3Cl/c1-3-21(15-23(4-2)46-18-27-30(25-7-5-6-8-28(25)35)42-47-31(27)19-9-10-19)40-33(45)41-22-12-13-24(32(43)44)26(16-22)20-11-14-29(39-17-20)34(36,37)38;1-2/h5-8,11-14,16-17,19,23H,3-4,9-10,15,18H2,1-2H3,(H,41,45)(H,43,44);1H3. The van der Waals surface area contributed by atoms with Crippen LogP contribution in [0.15, 0.2) is 70.3 Å². The molecule has 49 heavy (non-hydrogen) atoms. The predicted molar refractivity (Wildman–Crippen MR) is 183 cm³/mol.